The second kappa shape index (κ2) is 49.1. The van der Waals surface area contributed by atoms with Crippen molar-refractivity contribution in [3.63, 3.8) is 0 Å². The maximum Gasteiger partial charge on any atom is 0.0594 e. The van der Waals surface area contributed by atoms with Crippen molar-refractivity contribution < 1.29 is 4.74 Å². The zero-order valence-corrected chi connectivity index (χ0v) is 56.5. The summed E-state index contributed by atoms with van der Waals surface area (Å²) in [7, 11) is 30.6. The highest BCUT2D eigenvalue weighted by Crippen LogP contribution is 2.16. The summed E-state index contributed by atoms with van der Waals surface area (Å²) in [5.74, 6) is 4.58. The Balaban J connectivity index is 0.000000434. The maximum atomic E-state index is 5.10. The van der Waals surface area contributed by atoms with Crippen LogP contribution in [-0.2, 0) is 4.74 Å². The predicted molar refractivity (Wildman–Crippen MR) is 348 cm³/mol. The number of piperidine rings is 5. The third kappa shape index (κ3) is 45.3. The normalized spacial score (nSPS) is 27.0. The largest absolute Gasteiger partial charge is 0.379 e. The van der Waals surface area contributed by atoms with Gasteiger partial charge in [-0.15, -0.1) is 0 Å². The standard InChI is InChI=1S/C8H18N2.C7H16N2.3C7H15N.C6H14N2.C6H13N.C5H11NO.C5H11NS.C5H11N/c1-9(2)8-4-6-10(3)7-5-8;1-8-4-3-5-9(2)7-6-8;1-7-3-5-8(2)6-4-7;1-7-4-3-5-8(2)6-7;1-7-5-3-4-6-8(7)2;1-7-3-5-8(2)6-4-7;1-7-5-3-2-4-6-7;2*1-6-2-4-7-5-3-6;1-6-4-2-3-5-6/h8H,4-7H2,1-3H3;3-7H2,1-2H3;3*7H,3-6H2,1-2H3;3-6H2,1-2H3;2-6H2,1H3;2*2-5H2,1H3;2-5H2,1H3. The van der Waals surface area contributed by atoms with Crippen molar-refractivity contribution in [1.29, 1.82) is 0 Å². The average Bonchev–Trinajstić information content (AvgIpc) is 3.83. The Labute approximate surface area is 492 Å². The van der Waals surface area contributed by atoms with Crippen molar-refractivity contribution >= 4 is 11.8 Å². The van der Waals surface area contributed by atoms with Gasteiger partial charge in [0.2, 0.25) is 0 Å². The van der Waals surface area contributed by atoms with Crippen LogP contribution in [0.15, 0.2) is 0 Å². The topological polar surface area (TPSA) is 51.4 Å². The molecule has 0 aromatic carbocycles. The molecule has 0 saturated carbocycles. The Morgan fingerprint density at radius 2 is 0.667 bits per heavy atom. The molecule has 10 rings (SSSR count). The lowest BCUT2D eigenvalue weighted by atomic mass is 10.00. The molecular formula is C63H139N13OS. The van der Waals surface area contributed by atoms with Crippen LogP contribution in [0.2, 0.25) is 0 Å². The van der Waals surface area contributed by atoms with Crippen LogP contribution < -0.4 is 0 Å². The lowest BCUT2D eigenvalue weighted by molar-refractivity contribution is 0.0503. The molecule has 0 bridgehead atoms. The van der Waals surface area contributed by atoms with Crippen molar-refractivity contribution in [3.8, 4) is 0 Å². The summed E-state index contributed by atoms with van der Waals surface area (Å²) < 4.78 is 5.10. The Morgan fingerprint density at radius 1 is 0.308 bits per heavy atom. The van der Waals surface area contributed by atoms with E-state index in [4.69, 9.17) is 4.74 Å². The van der Waals surface area contributed by atoms with Crippen molar-refractivity contribution in [3.05, 3.63) is 0 Å². The van der Waals surface area contributed by atoms with Crippen molar-refractivity contribution in [2.75, 3.05) is 274 Å². The molecule has 0 radical (unpaired) electrons. The van der Waals surface area contributed by atoms with Gasteiger partial charge in [-0.05, 0) is 279 Å². The molecule has 0 aliphatic carbocycles. The quantitative estimate of drug-likeness (QED) is 0.263. The molecule has 10 aliphatic heterocycles. The smallest absolute Gasteiger partial charge is 0.0594 e. The van der Waals surface area contributed by atoms with Crippen LogP contribution in [0.1, 0.15) is 117 Å². The summed E-state index contributed by atoms with van der Waals surface area (Å²) in [6, 6.07) is 1.67. The summed E-state index contributed by atoms with van der Waals surface area (Å²) in [6.45, 7) is 37.8. The number of rotatable bonds is 1. The van der Waals surface area contributed by atoms with Gasteiger partial charge >= 0.3 is 0 Å². The SMILES string of the molecule is CC1CCCCN1C.CC1CCCN(C)C1.CC1CCN(C)CC1.CN1CCC(N(C)C)CC1.CN1CCCC1.CN1CCCCC1.CN1CCCN(C)CC1.CN1CCN(C)CC1.CN1CCOCC1.CN1CCSCC1. The number of hydrogen-bond acceptors (Lipinski definition) is 15. The van der Waals surface area contributed by atoms with Crippen LogP contribution in [0.3, 0.4) is 0 Å². The van der Waals surface area contributed by atoms with E-state index in [1.54, 1.807) is 0 Å². The maximum absolute atomic E-state index is 5.10. The van der Waals surface area contributed by atoms with Gasteiger partial charge in [0.25, 0.3) is 0 Å². The molecule has 14 nitrogen and oxygen atoms in total. The van der Waals surface area contributed by atoms with Crippen LogP contribution in [0, 0.1) is 11.8 Å². The molecule has 0 aromatic rings. The summed E-state index contributed by atoms with van der Waals surface area (Å²) in [6.07, 6.45) is 21.0. The average molecular weight is 1130 g/mol. The van der Waals surface area contributed by atoms with E-state index in [0.29, 0.717) is 0 Å². The molecule has 2 unspecified atom stereocenters. The minimum absolute atomic E-state index is 0.830. The molecule has 0 spiro atoms. The number of nitrogens with zero attached hydrogens (tertiary/aromatic N) is 13. The molecular weight excluding hydrogens is 987 g/mol. The molecule has 0 amide bonds. The molecule has 0 N–H and O–H groups in total. The van der Waals surface area contributed by atoms with Gasteiger partial charge in [-0.3, -0.25) is 0 Å². The van der Waals surface area contributed by atoms with Crippen LogP contribution in [0.4, 0.5) is 0 Å². The molecule has 10 fully saturated rings. The summed E-state index contributed by atoms with van der Waals surface area (Å²) in [5.41, 5.74) is 0. The minimum Gasteiger partial charge on any atom is -0.379 e. The number of likely N-dealkylation sites (tertiary alicyclic amines) is 6. The van der Waals surface area contributed by atoms with Gasteiger partial charge in [0.15, 0.2) is 0 Å². The highest BCUT2D eigenvalue weighted by atomic mass is 32.2. The van der Waals surface area contributed by atoms with E-state index in [2.05, 4.69) is 195 Å². The first kappa shape index (κ1) is 75.8. The fraction of sp³-hybridized carbons (Fsp3) is 1.00. The van der Waals surface area contributed by atoms with Gasteiger partial charge in [0, 0.05) is 95.6 Å². The zero-order chi connectivity index (χ0) is 57.9. The lowest BCUT2D eigenvalue weighted by Gasteiger charge is -2.32. The molecule has 10 heterocycles. The van der Waals surface area contributed by atoms with Gasteiger partial charge in [0.1, 0.15) is 0 Å². The number of likely N-dealkylation sites (N-methyl/N-ethyl adjacent to an activating group) is 5. The Bertz CT molecular complexity index is 1160. The first-order valence-electron chi connectivity index (χ1n) is 32.3. The number of morpholine rings is 1. The molecule has 2 atom stereocenters. The van der Waals surface area contributed by atoms with E-state index in [9.17, 15) is 0 Å². The fourth-order valence-electron chi connectivity index (χ4n) is 10.6. The Hall–Kier alpha value is -0.210. The number of piperazine rings is 1. The summed E-state index contributed by atoms with van der Waals surface area (Å²) in [4.78, 5) is 30.9. The highest BCUT2D eigenvalue weighted by molar-refractivity contribution is 7.99. The number of ether oxygens (including phenoxy) is 1. The lowest BCUT2D eigenvalue weighted by Crippen LogP contribution is -2.42. The number of hydrogen-bond donors (Lipinski definition) is 0. The van der Waals surface area contributed by atoms with E-state index in [0.717, 1.165) is 50.2 Å². The first-order valence-corrected chi connectivity index (χ1v) is 33.4. The monoisotopic (exact) mass is 1130 g/mol. The van der Waals surface area contributed by atoms with Crippen molar-refractivity contribution in [1.82, 2.24) is 63.7 Å². The van der Waals surface area contributed by atoms with Crippen LogP contribution in [0.25, 0.3) is 0 Å². The molecule has 0 aromatic heterocycles. The van der Waals surface area contributed by atoms with E-state index < -0.39 is 0 Å². The van der Waals surface area contributed by atoms with E-state index >= 15 is 0 Å². The van der Waals surface area contributed by atoms with Crippen LogP contribution >= 0.6 is 11.8 Å². The molecule has 15 heteroatoms. The zero-order valence-electron chi connectivity index (χ0n) is 55.6. The van der Waals surface area contributed by atoms with Gasteiger partial charge in [-0.1, -0.05) is 26.7 Å². The highest BCUT2D eigenvalue weighted by Gasteiger charge is 2.18. The molecule has 78 heavy (non-hydrogen) atoms. The molecule has 468 valence electrons. The third-order valence-electron chi connectivity index (χ3n) is 17.5. The van der Waals surface area contributed by atoms with Crippen LogP contribution in [0.5, 0.6) is 0 Å². The summed E-state index contributed by atoms with van der Waals surface area (Å²) in [5, 5.41) is 0. The summed E-state index contributed by atoms with van der Waals surface area (Å²) >= 11 is 2.06. The van der Waals surface area contributed by atoms with E-state index in [1.165, 1.54) is 245 Å². The van der Waals surface area contributed by atoms with Gasteiger partial charge in [-0.25, -0.2) is 0 Å². The predicted octanol–water partition coefficient (Wildman–Crippen LogP) is 7.37. The van der Waals surface area contributed by atoms with Gasteiger partial charge < -0.3 is 68.4 Å². The van der Waals surface area contributed by atoms with Gasteiger partial charge in [-0.2, -0.15) is 11.8 Å². The second-order valence-electron chi connectivity index (χ2n) is 26.1. The Kier molecular flexibility index (Phi) is 47.7. The Morgan fingerprint density at radius 3 is 0.962 bits per heavy atom. The second-order valence-corrected chi connectivity index (χ2v) is 27.3. The van der Waals surface area contributed by atoms with Gasteiger partial charge in [0.05, 0.1) is 13.2 Å². The minimum atomic E-state index is 0.830. The van der Waals surface area contributed by atoms with Crippen LogP contribution in [-0.4, -0.2) is 350 Å². The number of thioether (sulfide) groups is 1. The molecule has 10 aliphatic rings. The van der Waals surface area contributed by atoms with Crippen molar-refractivity contribution in [2.24, 2.45) is 11.8 Å². The van der Waals surface area contributed by atoms with E-state index in [-0.39, 0.29) is 0 Å². The third-order valence-corrected chi connectivity index (χ3v) is 18.4. The first-order chi connectivity index (χ1) is 37.2. The molecule has 10 saturated heterocycles. The van der Waals surface area contributed by atoms with Crippen molar-refractivity contribution in [2.45, 2.75) is 129 Å². The van der Waals surface area contributed by atoms with E-state index in [1.807, 2.05) is 0 Å². The fourth-order valence-corrected chi connectivity index (χ4v) is 11.7.